The molecule has 0 aromatic heterocycles. The first kappa shape index (κ1) is 20.0. The average molecular weight is 367 g/mol. The Balaban J connectivity index is 1.97. The normalized spacial score (nSPS) is 23.1. The number of benzene rings is 1. The van der Waals surface area contributed by atoms with E-state index in [0.717, 1.165) is 31.2 Å². The van der Waals surface area contributed by atoms with Gasteiger partial charge in [-0.25, -0.2) is 0 Å². The summed E-state index contributed by atoms with van der Waals surface area (Å²) >= 11 is 5.89. The lowest BCUT2D eigenvalue weighted by Gasteiger charge is -2.22. The summed E-state index contributed by atoms with van der Waals surface area (Å²) < 4.78 is 0. The highest BCUT2D eigenvalue weighted by Gasteiger charge is 2.31. The minimum absolute atomic E-state index is 0.311. The zero-order valence-electron chi connectivity index (χ0n) is 15.7. The molecule has 2 rings (SSSR count). The van der Waals surface area contributed by atoms with Crippen LogP contribution < -0.4 is 10.6 Å². The molecule has 3 N–H and O–H groups in total. The topological polar surface area (TPSA) is 59.9 Å². The molecule has 1 aliphatic heterocycles. The summed E-state index contributed by atoms with van der Waals surface area (Å²) in [4.78, 5) is 7.05. The van der Waals surface area contributed by atoms with Gasteiger partial charge in [0.25, 0.3) is 0 Å². The van der Waals surface area contributed by atoms with E-state index in [0.29, 0.717) is 29.6 Å². The van der Waals surface area contributed by atoms with Crippen LogP contribution >= 0.6 is 11.6 Å². The molecule has 3 unspecified atom stereocenters. The Hall–Kier alpha value is -1.30. The third-order valence-corrected chi connectivity index (χ3v) is 4.97. The first-order valence-electron chi connectivity index (χ1n) is 9.13. The van der Waals surface area contributed by atoms with Crippen LogP contribution in [0.2, 0.25) is 5.02 Å². The Morgan fingerprint density at radius 2 is 2.00 bits per heavy atom. The number of likely N-dealkylation sites (tertiary alicyclic amines) is 1. The van der Waals surface area contributed by atoms with Crippen LogP contribution in [0.1, 0.15) is 39.4 Å². The van der Waals surface area contributed by atoms with E-state index in [1.165, 1.54) is 0 Å². The fourth-order valence-corrected chi connectivity index (χ4v) is 3.20. The maximum Gasteiger partial charge on any atom is 0.191 e. The molecule has 0 amide bonds. The van der Waals surface area contributed by atoms with Gasteiger partial charge < -0.3 is 15.7 Å². The van der Waals surface area contributed by atoms with Gasteiger partial charge in [0, 0.05) is 36.7 Å². The zero-order valence-corrected chi connectivity index (χ0v) is 16.4. The Bertz CT molecular complexity index is 561. The van der Waals surface area contributed by atoms with Crippen molar-refractivity contribution in [3.8, 4) is 0 Å². The van der Waals surface area contributed by atoms with Crippen LogP contribution in [0, 0.1) is 5.92 Å². The molecule has 0 radical (unpaired) electrons. The van der Waals surface area contributed by atoms with Gasteiger partial charge in [-0.15, -0.1) is 0 Å². The molecule has 140 valence electrons. The third kappa shape index (κ3) is 5.87. The number of guanidine groups is 1. The summed E-state index contributed by atoms with van der Waals surface area (Å²) in [5.41, 5.74) is 0.823. The number of aliphatic imine (C=N–C) groups is 1. The Kier molecular flexibility index (Phi) is 7.54. The van der Waals surface area contributed by atoms with Crippen molar-refractivity contribution in [2.24, 2.45) is 10.9 Å². The van der Waals surface area contributed by atoms with E-state index in [2.05, 4.69) is 41.3 Å². The number of halogens is 1. The van der Waals surface area contributed by atoms with Crippen LogP contribution in [0.3, 0.4) is 0 Å². The van der Waals surface area contributed by atoms with Crippen molar-refractivity contribution < 1.29 is 5.11 Å². The molecule has 1 aliphatic rings. The maximum atomic E-state index is 10.3. The van der Waals surface area contributed by atoms with E-state index in [1.807, 2.05) is 19.1 Å². The molecule has 1 heterocycles. The monoisotopic (exact) mass is 366 g/mol. The molecule has 0 aliphatic carbocycles. The van der Waals surface area contributed by atoms with E-state index in [9.17, 15) is 5.11 Å². The van der Waals surface area contributed by atoms with E-state index in [-0.39, 0.29) is 0 Å². The van der Waals surface area contributed by atoms with Gasteiger partial charge in [0.05, 0.1) is 12.6 Å². The Labute approximate surface area is 156 Å². The third-order valence-electron chi connectivity index (χ3n) is 4.71. The lowest BCUT2D eigenvalue weighted by Crippen LogP contribution is -2.47. The fourth-order valence-electron chi connectivity index (χ4n) is 3.08. The highest BCUT2D eigenvalue weighted by atomic mass is 35.5. The van der Waals surface area contributed by atoms with E-state index >= 15 is 0 Å². The second-order valence-electron chi connectivity index (χ2n) is 7.06. The number of hydrogen-bond donors (Lipinski definition) is 3. The number of nitrogens with zero attached hydrogens (tertiary/aromatic N) is 2. The zero-order chi connectivity index (χ0) is 18.4. The summed E-state index contributed by atoms with van der Waals surface area (Å²) in [6.07, 6.45) is -0.638. The molecular formula is C19H31ClN4O. The van der Waals surface area contributed by atoms with Crippen LogP contribution in [0.5, 0.6) is 0 Å². The Morgan fingerprint density at radius 3 is 2.56 bits per heavy atom. The van der Waals surface area contributed by atoms with Gasteiger partial charge >= 0.3 is 0 Å². The minimum atomic E-state index is -0.638. The molecule has 0 spiro atoms. The molecule has 1 aromatic carbocycles. The molecular weight excluding hydrogens is 336 g/mol. The highest BCUT2D eigenvalue weighted by Crippen LogP contribution is 2.19. The molecule has 6 heteroatoms. The average Bonchev–Trinajstić information content (AvgIpc) is 2.94. The summed E-state index contributed by atoms with van der Waals surface area (Å²) in [7, 11) is 0. The summed E-state index contributed by atoms with van der Waals surface area (Å²) in [6.45, 7) is 12.0. The van der Waals surface area contributed by atoms with Gasteiger partial charge in [-0.3, -0.25) is 9.89 Å². The highest BCUT2D eigenvalue weighted by molar-refractivity contribution is 6.30. The fraction of sp³-hybridized carbons (Fsp3) is 0.632. The molecule has 25 heavy (non-hydrogen) atoms. The number of aliphatic hydroxyl groups is 1. The van der Waals surface area contributed by atoms with Gasteiger partial charge in [-0.05, 0) is 44.4 Å². The number of nitrogens with one attached hydrogen (secondary N) is 2. The van der Waals surface area contributed by atoms with Crippen LogP contribution in [0.15, 0.2) is 29.3 Å². The molecule has 0 bridgehead atoms. The van der Waals surface area contributed by atoms with Crippen molar-refractivity contribution in [3.05, 3.63) is 34.9 Å². The lowest BCUT2D eigenvalue weighted by molar-refractivity contribution is 0.187. The Morgan fingerprint density at radius 1 is 1.32 bits per heavy atom. The SMILES string of the molecule is CCNC(=NCC(O)c1ccc(Cl)cc1)NC1CN(C(C)C)CC1C. The molecule has 1 saturated heterocycles. The van der Waals surface area contributed by atoms with Crippen molar-refractivity contribution in [2.75, 3.05) is 26.2 Å². The maximum absolute atomic E-state index is 10.3. The first-order chi connectivity index (χ1) is 11.9. The smallest absolute Gasteiger partial charge is 0.191 e. The summed E-state index contributed by atoms with van der Waals surface area (Å²) in [5, 5.41) is 17.8. The quantitative estimate of drug-likeness (QED) is 0.535. The van der Waals surface area contributed by atoms with E-state index in [4.69, 9.17) is 11.6 Å². The number of aliphatic hydroxyl groups excluding tert-OH is 1. The molecule has 5 nitrogen and oxygen atoms in total. The number of hydrogen-bond acceptors (Lipinski definition) is 3. The number of rotatable bonds is 6. The van der Waals surface area contributed by atoms with Crippen LogP contribution in [0.25, 0.3) is 0 Å². The van der Waals surface area contributed by atoms with E-state index < -0.39 is 6.10 Å². The van der Waals surface area contributed by atoms with Crippen LogP contribution in [-0.2, 0) is 0 Å². The van der Waals surface area contributed by atoms with Gasteiger partial charge in [0.2, 0.25) is 0 Å². The van der Waals surface area contributed by atoms with Crippen molar-refractivity contribution >= 4 is 17.6 Å². The first-order valence-corrected chi connectivity index (χ1v) is 9.51. The predicted octanol–water partition coefficient (Wildman–Crippen LogP) is 2.66. The molecule has 1 aromatic rings. The van der Waals surface area contributed by atoms with Gasteiger partial charge in [0.1, 0.15) is 0 Å². The van der Waals surface area contributed by atoms with Crippen LogP contribution in [-0.4, -0.2) is 54.2 Å². The molecule has 0 saturated carbocycles. The van der Waals surface area contributed by atoms with Crippen LogP contribution in [0.4, 0.5) is 0 Å². The largest absolute Gasteiger partial charge is 0.386 e. The second-order valence-corrected chi connectivity index (χ2v) is 7.50. The van der Waals surface area contributed by atoms with Crippen molar-refractivity contribution in [3.63, 3.8) is 0 Å². The van der Waals surface area contributed by atoms with Gasteiger partial charge in [-0.2, -0.15) is 0 Å². The molecule has 3 atom stereocenters. The van der Waals surface area contributed by atoms with Gasteiger partial charge in [-0.1, -0.05) is 30.7 Å². The molecule has 1 fully saturated rings. The summed E-state index contributed by atoms with van der Waals surface area (Å²) in [6, 6.07) is 8.17. The second kappa shape index (κ2) is 9.41. The van der Waals surface area contributed by atoms with Crippen molar-refractivity contribution in [1.29, 1.82) is 0 Å². The lowest BCUT2D eigenvalue weighted by atomic mass is 10.1. The van der Waals surface area contributed by atoms with Crippen molar-refractivity contribution in [2.45, 2.75) is 45.9 Å². The van der Waals surface area contributed by atoms with Crippen molar-refractivity contribution in [1.82, 2.24) is 15.5 Å². The summed E-state index contributed by atoms with van der Waals surface area (Å²) in [5.74, 6) is 1.32. The van der Waals surface area contributed by atoms with Gasteiger partial charge in [0.15, 0.2) is 5.96 Å². The standard InChI is InChI=1S/C19H31ClN4O/c1-5-21-19(23-17-12-24(13(2)3)11-14(17)4)22-10-18(25)15-6-8-16(20)9-7-15/h6-9,13-14,17-18,25H,5,10-12H2,1-4H3,(H2,21,22,23). The predicted molar refractivity (Wildman–Crippen MR) is 105 cm³/mol. The minimum Gasteiger partial charge on any atom is -0.386 e. The van der Waals surface area contributed by atoms with E-state index in [1.54, 1.807) is 12.1 Å².